The molecule has 0 atom stereocenters. The Morgan fingerprint density at radius 3 is 1.08 bits per heavy atom. The number of carbonyl (C=O) groups excluding carboxylic acids is 4. The van der Waals surface area contributed by atoms with Crippen LogP contribution in [-0.4, -0.2) is 46.5 Å². The molecule has 2 aliphatic heterocycles. The summed E-state index contributed by atoms with van der Waals surface area (Å²) in [7, 11) is 0. The number of fused-ring (bicyclic) bond motifs is 2. The van der Waals surface area contributed by atoms with Crippen LogP contribution in [0.1, 0.15) is 41.4 Å². The minimum Gasteiger partial charge on any atom is -0.269 e. The molecule has 2 aliphatic rings. The van der Waals surface area contributed by atoms with Crippen molar-refractivity contribution in [2.75, 3.05) is 13.1 Å². The van der Waals surface area contributed by atoms with Crippen LogP contribution < -0.4 is 0 Å². The summed E-state index contributed by atoms with van der Waals surface area (Å²) in [4.78, 5) is 51.0. The van der Waals surface area contributed by atoms with Gasteiger partial charge in [0.2, 0.25) is 0 Å². The molecule has 0 saturated carbocycles. The molecule has 0 fully saturated rings. The van der Waals surface area contributed by atoms with E-state index in [1.165, 1.54) is 0 Å². The molecule has 126 valence electrons. The van der Waals surface area contributed by atoms with E-state index in [1.54, 1.807) is 48.5 Å². The van der Waals surface area contributed by atoms with Crippen LogP contribution in [0.3, 0.4) is 0 Å². The van der Waals surface area contributed by atoms with Crippen molar-refractivity contribution >= 4 is 23.6 Å². The fourth-order valence-corrected chi connectivity index (χ4v) is 3.04. The summed E-state index contributed by atoms with van der Waals surface area (Å²) in [5.41, 5.74) is 1.44. The smallest absolute Gasteiger partial charge is 0.262 e. The second-order valence-corrected chi connectivity index (χ2v) is 5.84. The molecule has 0 aromatic heterocycles. The van der Waals surface area contributed by atoms with Crippen molar-refractivity contribution in [2.24, 2.45) is 0 Å². The maximum atomic E-state index is 12.2. The van der Waals surface area contributed by atoms with Crippen molar-refractivity contribution in [2.45, 2.75) is 0 Å². The predicted molar refractivity (Wildman–Crippen MR) is 91.4 cm³/mol. The number of carbonyl (C=O) groups is 4. The third-order valence-corrected chi connectivity index (χ3v) is 4.36. The molecule has 4 amide bonds. The molecule has 0 N–H and O–H groups in total. The van der Waals surface area contributed by atoms with Gasteiger partial charge in [-0.25, -0.2) is 0 Å². The van der Waals surface area contributed by atoms with Crippen LogP contribution in [-0.2, 0) is 0 Å². The van der Waals surface area contributed by atoms with Crippen LogP contribution in [0, 0.1) is 11.8 Å². The van der Waals surface area contributed by atoms with Gasteiger partial charge in [0.15, 0.2) is 0 Å². The number of rotatable bonds is 2. The molecule has 2 aromatic carbocycles. The lowest BCUT2D eigenvalue weighted by Gasteiger charge is -2.10. The summed E-state index contributed by atoms with van der Waals surface area (Å²) >= 11 is 0. The van der Waals surface area contributed by atoms with E-state index >= 15 is 0 Å². The lowest BCUT2D eigenvalue weighted by atomic mass is 10.1. The minimum atomic E-state index is -0.388. The van der Waals surface area contributed by atoms with Gasteiger partial charge in [0.25, 0.3) is 23.6 Å². The molecule has 0 saturated heterocycles. The summed E-state index contributed by atoms with van der Waals surface area (Å²) in [5.74, 6) is 3.86. The van der Waals surface area contributed by atoms with Gasteiger partial charge in [-0.15, -0.1) is 0 Å². The van der Waals surface area contributed by atoms with Crippen LogP contribution in [0.5, 0.6) is 0 Å². The van der Waals surface area contributed by atoms with Crippen LogP contribution in [0.2, 0.25) is 0 Å². The number of hydrogen-bond donors (Lipinski definition) is 0. The van der Waals surface area contributed by atoms with Gasteiger partial charge in [-0.1, -0.05) is 36.1 Å². The molecular formula is C20H12N2O4. The van der Waals surface area contributed by atoms with Gasteiger partial charge in [0, 0.05) is 0 Å². The van der Waals surface area contributed by atoms with Crippen LogP contribution in [0.4, 0.5) is 0 Å². The van der Waals surface area contributed by atoms with Crippen LogP contribution in [0.15, 0.2) is 48.5 Å². The molecule has 0 unspecified atom stereocenters. The maximum absolute atomic E-state index is 12.2. The molecule has 0 radical (unpaired) electrons. The zero-order valence-corrected chi connectivity index (χ0v) is 13.6. The lowest BCUT2D eigenvalue weighted by Crippen LogP contribution is -2.31. The van der Waals surface area contributed by atoms with Crippen molar-refractivity contribution in [3.63, 3.8) is 0 Å². The fourth-order valence-electron chi connectivity index (χ4n) is 3.04. The van der Waals surface area contributed by atoms with Gasteiger partial charge in [-0.05, 0) is 24.3 Å². The number of benzene rings is 2. The highest BCUT2D eigenvalue weighted by Crippen LogP contribution is 2.23. The second kappa shape index (κ2) is 5.97. The lowest BCUT2D eigenvalue weighted by molar-refractivity contribution is 0.0656. The third-order valence-electron chi connectivity index (χ3n) is 4.36. The second-order valence-electron chi connectivity index (χ2n) is 5.84. The average molecular weight is 344 g/mol. The molecule has 6 heteroatoms. The zero-order valence-electron chi connectivity index (χ0n) is 13.6. The van der Waals surface area contributed by atoms with E-state index in [-0.39, 0.29) is 36.7 Å². The van der Waals surface area contributed by atoms with E-state index in [0.29, 0.717) is 22.3 Å². The van der Waals surface area contributed by atoms with Crippen LogP contribution in [0.25, 0.3) is 0 Å². The summed E-state index contributed by atoms with van der Waals surface area (Å²) < 4.78 is 0. The topological polar surface area (TPSA) is 74.8 Å². The molecule has 2 aromatic rings. The molecule has 2 heterocycles. The Labute approximate surface area is 149 Å². The Bertz CT molecular complexity index is 894. The first kappa shape index (κ1) is 15.8. The zero-order chi connectivity index (χ0) is 18.3. The van der Waals surface area contributed by atoms with E-state index < -0.39 is 0 Å². The van der Waals surface area contributed by atoms with Crippen molar-refractivity contribution < 1.29 is 19.2 Å². The Morgan fingerprint density at radius 1 is 0.538 bits per heavy atom. The molecule has 0 aliphatic carbocycles. The molecule has 26 heavy (non-hydrogen) atoms. The first-order chi connectivity index (χ1) is 12.6. The Hall–Kier alpha value is -3.72. The SMILES string of the molecule is O=C1c2ccccc2C(=O)N1CC#CCN1C(=O)c2ccccc2C1=O. The summed E-state index contributed by atoms with van der Waals surface area (Å²) in [6, 6.07) is 13.2. The Morgan fingerprint density at radius 2 is 0.808 bits per heavy atom. The van der Waals surface area contributed by atoms with Crippen molar-refractivity contribution in [1.29, 1.82) is 0 Å². The highest BCUT2D eigenvalue weighted by atomic mass is 16.2. The minimum absolute atomic E-state index is 0.0878. The van der Waals surface area contributed by atoms with Gasteiger partial charge in [0.1, 0.15) is 0 Å². The molecule has 0 bridgehead atoms. The number of amides is 4. The van der Waals surface area contributed by atoms with Crippen LogP contribution >= 0.6 is 0 Å². The summed E-state index contributed by atoms with van der Waals surface area (Å²) in [6.45, 7) is -0.176. The van der Waals surface area contributed by atoms with E-state index in [1.807, 2.05) is 0 Å². The van der Waals surface area contributed by atoms with Gasteiger partial charge in [-0.2, -0.15) is 0 Å². The van der Waals surface area contributed by atoms with Crippen molar-refractivity contribution in [3.05, 3.63) is 70.8 Å². The van der Waals surface area contributed by atoms with Gasteiger partial charge < -0.3 is 0 Å². The quantitative estimate of drug-likeness (QED) is 0.612. The third kappa shape index (κ3) is 2.30. The first-order valence-electron chi connectivity index (χ1n) is 7.96. The monoisotopic (exact) mass is 344 g/mol. The standard InChI is InChI=1S/C20H12N2O4/c23-17-13-7-1-2-8-14(13)18(24)21(17)11-5-6-12-22-19(25)15-9-3-4-10-16(15)20(22)26/h1-4,7-10H,11-12H2. The van der Waals surface area contributed by atoms with Gasteiger partial charge in [-0.3, -0.25) is 29.0 Å². The van der Waals surface area contributed by atoms with E-state index in [9.17, 15) is 19.2 Å². The van der Waals surface area contributed by atoms with E-state index in [0.717, 1.165) is 9.80 Å². The normalized spacial score (nSPS) is 15.1. The van der Waals surface area contributed by atoms with Gasteiger partial charge in [0.05, 0.1) is 35.3 Å². The number of hydrogen-bond acceptors (Lipinski definition) is 4. The maximum Gasteiger partial charge on any atom is 0.262 e. The highest BCUT2D eigenvalue weighted by molar-refractivity contribution is 6.22. The predicted octanol–water partition coefficient (Wildman–Crippen LogP) is 1.58. The largest absolute Gasteiger partial charge is 0.269 e. The Kier molecular flexibility index (Phi) is 3.63. The average Bonchev–Trinajstić information content (AvgIpc) is 3.06. The molecular weight excluding hydrogens is 332 g/mol. The molecule has 4 rings (SSSR count). The van der Waals surface area contributed by atoms with E-state index in [4.69, 9.17) is 0 Å². The van der Waals surface area contributed by atoms with Crippen molar-refractivity contribution in [3.8, 4) is 11.8 Å². The molecule has 6 nitrogen and oxygen atoms in total. The first-order valence-corrected chi connectivity index (χ1v) is 7.96. The number of imide groups is 2. The Balaban J connectivity index is 1.45. The fraction of sp³-hybridized carbons (Fsp3) is 0.100. The summed E-state index contributed by atoms with van der Waals surface area (Å²) in [5, 5.41) is 0. The van der Waals surface area contributed by atoms with Gasteiger partial charge >= 0.3 is 0 Å². The molecule has 0 spiro atoms. The van der Waals surface area contributed by atoms with Crippen molar-refractivity contribution in [1.82, 2.24) is 9.80 Å². The highest BCUT2D eigenvalue weighted by Gasteiger charge is 2.35. The number of nitrogens with zero attached hydrogens (tertiary/aromatic N) is 2. The summed E-state index contributed by atoms with van der Waals surface area (Å²) in [6.07, 6.45) is 0. The van der Waals surface area contributed by atoms with E-state index in [2.05, 4.69) is 11.8 Å².